The van der Waals surface area contributed by atoms with Crippen LogP contribution in [0.4, 0.5) is 8.78 Å². The van der Waals surface area contributed by atoms with Crippen molar-refractivity contribution in [1.29, 1.82) is 0 Å². The molecule has 0 heterocycles. The molecular formula is C13H18F2N2O2. The quantitative estimate of drug-likeness (QED) is 0.822. The molecule has 0 saturated carbocycles. The molecule has 19 heavy (non-hydrogen) atoms. The van der Waals surface area contributed by atoms with Gasteiger partial charge in [-0.25, -0.2) is 8.78 Å². The van der Waals surface area contributed by atoms with E-state index in [4.69, 9.17) is 10.5 Å². The minimum Gasteiger partial charge on any atom is -0.478 e. The molecule has 0 bridgehead atoms. The fourth-order valence-electron chi connectivity index (χ4n) is 1.63. The van der Waals surface area contributed by atoms with E-state index in [9.17, 15) is 13.6 Å². The van der Waals surface area contributed by atoms with Crippen molar-refractivity contribution in [2.45, 2.75) is 26.3 Å². The summed E-state index contributed by atoms with van der Waals surface area (Å²) in [6, 6.07) is 2.14. The molecule has 0 aliphatic carbocycles. The number of likely N-dealkylation sites (N-methyl/N-ethyl adjacent to an activating group) is 1. The molecule has 1 amide bonds. The van der Waals surface area contributed by atoms with Gasteiger partial charge in [-0.15, -0.1) is 0 Å². The minimum atomic E-state index is -0.833. The third-order valence-corrected chi connectivity index (χ3v) is 2.34. The fraction of sp³-hybridized carbons (Fsp3) is 0.462. The maximum absolute atomic E-state index is 13.7. The summed E-state index contributed by atoms with van der Waals surface area (Å²) in [7, 11) is 0. The summed E-state index contributed by atoms with van der Waals surface area (Å²) in [6.07, 6.45) is 0.366. The van der Waals surface area contributed by atoms with Crippen LogP contribution in [0.25, 0.3) is 0 Å². The van der Waals surface area contributed by atoms with E-state index < -0.39 is 29.9 Å². The van der Waals surface area contributed by atoms with Crippen molar-refractivity contribution in [3.8, 4) is 5.75 Å². The van der Waals surface area contributed by atoms with Gasteiger partial charge in [0.15, 0.2) is 24.0 Å². The van der Waals surface area contributed by atoms with Gasteiger partial charge in [0.2, 0.25) is 0 Å². The molecule has 0 radical (unpaired) electrons. The number of hydrogen-bond donors (Lipinski definition) is 2. The van der Waals surface area contributed by atoms with Crippen molar-refractivity contribution in [2.75, 3.05) is 13.2 Å². The molecule has 1 aromatic carbocycles. The van der Waals surface area contributed by atoms with Gasteiger partial charge in [0.25, 0.3) is 5.91 Å². The summed E-state index contributed by atoms with van der Waals surface area (Å²) in [5.74, 6) is -2.64. The lowest BCUT2D eigenvalue weighted by molar-refractivity contribution is -0.123. The number of ether oxygens (including phenoxy) is 1. The third-order valence-electron chi connectivity index (χ3n) is 2.34. The Morgan fingerprint density at radius 2 is 2.00 bits per heavy atom. The Morgan fingerprint density at radius 1 is 1.42 bits per heavy atom. The maximum atomic E-state index is 13.7. The molecule has 3 N–H and O–H groups in total. The number of nitrogens with two attached hydrogens (primary N) is 1. The SMILES string of the molecule is CCNC(=O)COc1c(F)cc(CC(C)N)cc1F. The predicted octanol–water partition coefficient (Wildman–Crippen LogP) is 1.37. The molecule has 1 aromatic rings. The number of nitrogens with one attached hydrogen (secondary N) is 1. The second-order valence-corrected chi connectivity index (χ2v) is 4.31. The maximum Gasteiger partial charge on any atom is 0.257 e. The zero-order chi connectivity index (χ0) is 14.4. The van der Waals surface area contributed by atoms with Gasteiger partial charge in [-0.1, -0.05) is 0 Å². The van der Waals surface area contributed by atoms with E-state index in [2.05, 4.69) is 5.32 Å². The van der Waals surface area contributed by atoms with Crippen LogP contribution >= 0.6 is 0 Å². The topological polar surface area (TPSA) is 64.3 Å². The molecule has 4 nitrogen and oxygen atoms in total. The Morgan fingerprint density at radius 3 is 2.47 bits per heavy atom. The van der Waals surface area contributed by atoms with Crippen LogP contribution < -0.4 is 15.8 Å². The molecule has 0 aromatic heterocycles. The van der Waals surface area contributed by atoms with E-state index in [1.54, 1.807) is 13.8 Å². The first kappa shape index (κ1) is 15.4. The molecule has 0 spiro atoms. The molecule has 0 saturated heterocycles. The summed E-state index contributed by atoms with van der Waals surface area (Å²) >= 11 is 0. The van der Waals surface area contributed by atoms with Crippen LogP contribution in [0, 0.1) is 11.6 Å². The zero-order valence-electron chi connectivity index (χ0n) is 11.0. The highest BCUT2D eigenvalue weighted by atomic mass is 19.1. The molecule has 0 aliphatic rings. The monoisotopic (exact) mass is 272 g/mol. The molecule has 1 unspecified atom stereocenters. The van der Waals surface area contributed by atoms with Crippen LogP contribution in [0.3, 0.4) is 0 Å². The van der Waals surface area contributed by atoms with Crippen LogP contribution in [-0.2, 0) is 11.2 Å². The van der Waals surface area contributed by atoms with Crippen LogP contribution in [0.15, 0.2) is 12.1 Å². The van der Waals surface area contributed by atoms with E-state index in [1.165, 1.54) is 12.1 Å². The highest BCUT2D eigenvalue weighted by Crippen LogP contribution is 2.23. The van der Waals surface area contributed by atoms with Crippen LogP contribution in [0.5, 0.6) is 5.75 Å². The van der Waals surface area contributed by atoms with Crippen LogP contribution in [-0.4, -0.2) is 25.1 Å². The molecule has 1 atom stereocenters. The van der Waals surface area contributed by atoms with Crippen molar-refractivity contribution < 1.29 is 18.3 Å². The Bertz CT molecular complexity index is 427. The van der Waals surface area contributed by atoms with Gasteiger partial charge in [0.1, 0.15) is 0 Å². The van der Waals surface area contributed by atoms with Gasteiger partial charge in [-0.05, 0) is 38.0 Å². The number of hydrogen-bond acceptors (Lipinski definition) is 3. The van der Waals surface area contributed by atoms with Crippen molar-refractivity contribution in [3.05, 3.63) is 29.3 Å². The number of carbonyl (C=O) groups excluding carboxylic acids is 1. The Labute approximate surface area is 110 Å². The van der Waals surface area contributed by atoms with Gasteiger partial charge in [-0.3, -0.25) is 4.79 Å². The van der Waals surface area contributed by atoms with E-state index in [0.717, 1.165) is 0 Å². The number of amides is 1. The van der Waals surface area contributed by atoms with Crippen molar-refractivity contribution in [1.82, 2.24) is 5.32 Å². The lowest BCUT2D eigenvalue weighted by Crippen LogP contribution is -2.28. The van der Waals surface area contributed by atoms with Gasteiger partial charge in [0, 0.05) is 12.6 Å². The molecule has 0 aliphatic heterocycles. The summed E-state index contributed by atoms with van der Waals surface area (Å²) in [5, 5.41) is 2.47. The fourth-order valence-corrected chi connectivity index (χ4v) is 1.63. The second-order valence-electron chi connectivity index (χ2n) is 4.31. The predicted molar refractivity (Wildman–Crippen MR) is 67.9 cm³/mol. The van der Waals surface area contributed by atoms with Crippen LogP contribution in [0.1, 0.15) is 19.4 Å². The summed E-state index contributed by atoms with van der Waals surface area (Å²) in [5.41, 5.74) is 6.02. The lowest BCUT2D eigenvalue weighted by Gasteiger charge is -2.11. The third kappa shape index (κ3) is 4.82. The second kappa shape index (κ2) is 7.04. The van der Waals surface area contributed by atoms with Gasteiger partial charge in [0.05, 0.1) is 0 Å². The van der Waals surface area contributed by atoms with Crippen molar-refractivity contribution >= 4 is 5.91 Å². The first-order valence-electron chi connectivity index (χ1n) is 6.07. The highest BCUT2D eigenvalue weighted by Gasteiger charge is 2.14. The normalized spacial score (nSPS) is 12.1. The number of halogens is 2. The van der Waals surface area contributed by atoms with E-state index in [-0.39, 0.29) is 6.04 Å². The summed E-state index contributed by atoms with van der Waals surface area (Å²) in [6.45, 7) is 3.49. The lowest BCUT2D eigenvalue weighted by atomic mass is 10.1. The largest absolute Gasteiger partial charge is 0.478 e. The molecule has 1 rings (SSSR count). The van der Waals surface area contributed by atoms with Crippen molar-refractivity contribution in [2.24, 2.45) is 5.73 Å². The Hall–Kier alpha value is -1.69. The molecule has 106 valence electrons. The smallest absolute Gasteiger partial charge is 0.257 e. The first-order chi connectivity index (χ1) is 8.93. The van der Waals surface area contributed by atoms with E-state index in [0.29, 0.717) is 18.5 Å². The van der Waals surface area contributed by atoms with Crippen molar-refractivity contribution in [3.63, 3.8) is 0 Å². The Kier molecular flexibility index (Phi) is 5.69. The first-order valence-corrected chi connectivity index (χ1v) is 6.07. The van der Waals surface area contributed by atoms with Gasteiger partial charge in [-0.2, -0.15) is 0 Å². The summed E-state index contributed by atoms with van der Waals surface area (Å²) < 4.78 is 32.2. The molecule has 6 heteroatoms. The summed E-state index contributed by atoms with van der Waals surface area (Å²) in [4.78, 5) is 11.2. The zero-order valence-corrected chi connectivity index (χ0v) is 11.0. The Balaban J connectivity index is 2.76. The van der Waals surface area contributed by atoms with Crippen LogP contribution in [0.2, 0.25) is 0 Å². The average Bonchev–Trinajstić information content (AvgIpc) is 2.27. The molecule has 0 fully saturated rings. The van der Waals surface area contributed by atoms with E-state index >= 15 is 0 Å². The number of carbonyl (C=O) groups is 1. The highest BCUT2D eigenvalue weighted by molar-refractivity contribution is 5.77. The van der Waals surface area contributed by atoms with Gasteiger partial charge < -0.3 is 15.8 Å². The number of benzene rings is 1. The minimum absolute atomic E-state index is 0.194. The standard InChI is InChI=1S/C13H18F2N2O2/c1-3-17-12(18)7-19-13-10(14)5-9(4-8(2)16)6-11(13)15/h5-6,8H,3-4,7,16H2,1-2H3,(H,17,18). The number of rotatable bonds is 6. The molecular weight excluding hydrogens is 254 g/mol. The average molecular weight is 272 g/mol. The van der Waals surface area contributed by atoms with Gasteiger partial charge >= 0.3 is 0 Å². The van der Waals surface area contributed by atoms with E-state index in [1.807, 2.05) is 0 Å².